The summed E-state index contributed by atoms with van der Waals surface area (Å²) >= 11 is 19.3. The SMILES string of the molecule is COc1cc(CNc2ccc(N3CCOCC3)c(Cl)c2)c(Cl)cc1OCc1ccccc1Cl. The fourth-order valence-corrected chi connectivity index (χ4v) is 4.34. The van der Waals surface area contributed by atoms with Crippen molar-refractivity contribution >= 4 is 46.2 Å². The van der Waals surface area contributed by atoms with Gasteiger partial charge in [0.1, 0.15) is 6.61 Å². The van der Waals surface area contributed by atoms with Crippen LogP contribution in [0.1, 0.15) is 11.1 Å². The summed E-state index contributed by atoms with van der Waals surface area (Å²) in [7, 11) is 1.60. The van der Waals surface area contributed by atoms with E-state index < -0.39 is 0 Å². The summed E-state index contributed by atoms with van der Waals surface area (Å²) in [6, 6.07) is 17.2. The summed E-state index contributed by atoms with van der Waals surface area (Å²) in [6.45, 7) is 3.94. The summed E-state index contributed by atoms with van der Waals surface area (Å²) in [5.74, 6) is 1.16. The molecule has 4 rings (SSSR count). The Morgan fingerprint density at radius 2 is 1.67 bits per heavy atom. The first-order valence-electron chi connectivity index (χ1n) is 10.6. The quantitative estimate of drug-likeness (QED) is 0.368. The Morgan fingerprint density at radius 3 is 2.39 bits per heavy atom. The molecule has 3 aromatic carbocycles. The first-order chi connectivity index (χ1) is 16.0. The fourth-order valence-electron chi connectivity index (χ4n) is 3.63. The summed E-state index contributed by atoms with van der Waals surface area (Å²) in [5.41, 5.74) is 3.70. The summed E-state index contributed by atoms with van der Waals surface area (Å²) in [5, 5.41) is 5.32. The van der Waals surface area contributed by atoms with Crippen LogP contribution in [0.15, 0.2) is 54.6 Å². The number of hydrogen-bond donors (Lipinski definition) is 1. The van der Waals surface area contributed by atoms with Crippen LogP contribution < -0.4 is 19.7 Å². The van der Waals surface area contributed by atoms with E-state index in [2.05, 4.69) is 10.2 Å². The summed E-state index contributed by atoms with van der Waals surface area (Å²) in [4.78, 5) is 2.23. The van der Waals surface area contributed by atoms with Crippen LogP contribution in [0.4, 0.5) is 11.4 Å². The number of anilines is 2. The molecule has 0 amide bonds. The Kier molecular flexibility index (Phi) is 8.10. The number of benzene rings is 3. The molecule has 3 aromatic rings. The van der Waals surface area contributed by atoms with Gasteiger partial charge in [0.15, 0.2) is 11.5 Å². The molecule has 0 atom stereocenters. The molecule has 0 spiro atoms. The van der Waals surface area contributed by atoms with E-state index >= 15 is 0 Å². The predicted molar refractivity (Wildman–Crippen MR) is 136 cm³/mol. The van der Waals surface area contributed by atoms with Gasteiger partial charge in [-0.2, -0.15) is 0 Å². The molecule has 8 heteroatoms. The highest BCUT2D eigenvalue weighted by Gasteiger charge is 2.15. The van der Waals surface area contributed by atoms with Gasteiger partial charge in [-0.05, 0) is 35.9 Å². The van der Waals surface area contributed by atoms with Crippen LogP contribution in [0.2, 0.25) is 15.1 Å². The van der Waals surface area contributed by atoms with Crippen molar-refractivity contribution in [3.05, 3.63) is 80.8 Å². The van der Waals surface area contributed by atoms with E-state index in [4.69, 9.17) is 49.0 Å². The van der Waals surface area contributed by atoms with Gasteiger partial charge in [-0.3, -0.25) is 0 Å². The minimum Gasteiger partial charge on any atom is -0.493 e. The lowest BCUT2D eigenvalue weighted by molar-refractivity contribution is 0.122. The van der Waals surface area contributed by atoms with E-state index in [0.29, 0.717) is 39.7 Å². The Labute approximate surface area is 209 Å². The van der Waals surface area contributed by atoms with Crippen LogP contribution in [-0.2, 0) is 17.9 Å². The molecule has 174 valence electrons. The molecular weight excluding hydrogens is 483 g/mol. The van der Waals surface area contributed by atoms with Crippen molar-refractivity contribution in [2.24, 2.45) is 0 Å². The average Bonchev–Trinajstić information content (AvgIpc) is 2.83. The van der Waals surface area contributed by atoms with Gasteiger partial charge in [-0.25, -0.2) is 0 Å². The van der Waals surface area contributed by atoms with Crippen molar-refractivity contribution in [3.8, 4) is 11.5 Å². The maximum absolute atomic E-state index is 6.55. The molecule has 0 unspecified atom stereocenters. The van der Waals surface area contributed by atoms with Gasteiger partial charge < -0.3 is 24.4 Å². The molecule has 0 aliphatic carbocycles. The highest BCUT2D eigenvalue weighted by molar-refractivity contribution is 6.33. The summed E-state index contributed by atoms with van der Waals surface area (Å²) < 4.78 is 16.9. The van der Waals surface area contributed by atoms with Crippen molar-refractivity contribution in [2.75, 3.05) is 43.6 Å². The molecule has 0 aromatic heterocycles. The van der Waals surface area contributed by atoms with Gasteiger partial charge in [0.2, 0.25) is 0 Å². The fraction of sp³-hybridized carbons (Fsp3) is 0.280. The third kappa shape index (κ3) is 5.98. The number of nitrogens with zero attached hydrogens (tertiary/aromatic N) is 1. The Balaban J connectivity index is 1.43. The molecule has 0 radical (unpaired) electrons. The smallest absolute Gasteiger partial charge is 0.163 e. The number of halogens is 3. The van der Waals surface area contributed by atoms with E-state index in [9.17, 15) is 0 Å². The highest BCUT2D eigenvalue weighted by atomic mass is 35.5. The first kappa shape index (κ1) is 23.8. The average molecular weight is 508 g/mol. The summed E-state index contributed by atoms with van der Waals surface area (Å²) in [6.07, 6.45) is 0. The van der Waals surface area contributed by atoms with Crippen LogP contribution in [0.25, 0.3) is 0 Å². The number of morpholine rings is 1. The Morgan fingerprint density at radius 1 is 0.879 bits per heavy atom. The number of rotatable bonds is 8. The van der Waals surface area contributed by atoms with E-state index in [-0.39, 0.29) is 0 Å². The van der Waals surface area contributed by atoms with Crippen molar-refractivity contribution in [1.82, 2.24) is 0 Å². The van der Waals surface area contributed by atoms with Crippen molar-refractivity contribution in [3.63, 3.8) is 0 Å². The number of nitrogens with one attached hydrogen (secondary N) is 1. The Hall–Kier alpha value is -2.31. The molecule has 1 aliphatic rings. The third-order valence-electron chi connectivity index (χ3n) is 5.46. The maximum atomic E-state index is 6.55. The second-order valence-electron chi connectivity index (χ2n) is 7.59. The maximum Gasteiger partial charge on any atom is 0.163 e. The number of methoxy groups -OCH3 is 1. The zero-order valence-electron chi connectivity index (χ0n) is 18.2. The molecule has 5 nitrogen and oxygen atoms in total. The van der Waals surface area contributed by atoms with Gasteiger partial charge in [0.05, 0.1) is 31.0 Å². The minimum absolute atomic E-state index is 0.317. The molecule has 1 N–H and O–H groups in total. The first-order valence-corrected chi connectivity index (χ1v) is 11.8. The standard InChI is InChI=1S/C25H25Cl3N2O3/c1-31-24-12-18(21(27)14-25(24)33-16-17-4-2-3-5-20(17)26)15-29-19-6-7-23(22(28)13-19)30-8-10-32-11-9-30/h2-7,12-14,29H,8-11,15-16H2,1H3. The monoisotopic (exact) mass is 506 g/mol. The number of ether oxygens (including phenoxy) is 3. The molecule has 0 saturated carbocycles. The van der Waals surface area contributed by atoms with Crippen LogP contribution >= 0.6 is 34.8 Å². The van der Waals surface area contributed by atoms with Crippen LogP contribution in [-0.4, -0.2) is 33.4 Å². The number of hydrogen-bond acceptors (Lipinski definition) is 5. The molecule has 1 saturated heterocycles. The van der Waals surface area contributed by atoms with Crippen LogP contribution in [0, 0.1) is 0 Å². The molecule has 1 aliphatic heterocycles. The lowest BCUT2D eigenvalue weighted by atomic mass is 10.1. The molecular formula is C25H25Cl3N2O3. The van der Waals surface area contributed by atoms with Crippen molar-refractivity contribution < 1.29 is 14.2 Å². The molecule has 1 fully saturated rings. The van der Waals surface area contributed by atoms with E-state index in [1.165, 1.54) is 0 Å². The molecule has 1 heterocycles. The van der Waals surface area contributed by atoms with E-state index in [0.717, 1.165) is 48.8 Å². The zero-order chi connectivity index (χ0) is 23.2. The Bertz CT molecular complexity index is 1100. The van der Waals surface area contributed by atoms with Gasteiger partial charge in [0, 0.05) is 47.0 Å². The van der Waals surface area contributed by atoms with Crippen LogP contribution in [0.5, 0.6) is 11.5 Å². The molecule has 0 bridgehead atoms. The molecule has 33 heavy (non-hydrogen) atoms. The second-order valence-corrected chi connectivity index (χ2v) is 8.82. The highest BCUT2D eigenvalue weighted by Crippen LogP contribution is 2.35. The second kappa shape index (κ2) is 11.2. The lowest BCUT2D eigenvalue weighted by Gasteiger charge is -2.29. The third-order valence-corrected chi connectivity index (χ3v) is 6.48. The van der Waals surface area contributed by atoms with Crippen molar-refractivity contribution in [2.45, 2.75) is 13.2 Å². The lowest BCUT2D eigenvalue weighted by Crippen LogP contribution is -2.36. The van der Waals surface area contributed by atoms with Gasteiger partial charge >= 0.3 is 0 Å². The van der Waals surface area contributed by atoms with Crippen LogP contribution in [0.3, 0.4) is 0 Å². The van der Waals surface area contributed by atoms with Gasteiger partial charge in [-0.1, -0.05) is 53.0 Å². The zero-order valence-corrected chi connectivity index (χ0v) is 20.5. The van der Waals surface area contributed by atoms with Crippen molar-refractivity contribution in [1.29, 1.82) is 0 Å². The topological polar surface area (TPSA) is 43.0 Å². The van der Waals surface area contributed by atoms with E-state index in [1.54, 1.807) is 13.2 Å². The largest absolute Gasteiger partial charge is 0.493 e. The van der Waals surface area contributed by atoms with Gasteiger partial charge in [0.25, 0.3) is 0 Å². The van der Waals surface area contributed by atoms with E-state index in [1.807, 2.05) is 48.5 Å². The predicted octanol–water partition coefficient (Wildman–Crippen LogP) is 6.68. The minimum atomic E-state index is 0.317. The van der Waals surface area contributed by atoms with Gasteiger partial charge in [-0.15, -0.1) is 0 Å². The normalized spacial score (nSPS) is 13.6.